The van der Waals surface area contributed by atoms with Crippen LogP contribution in [0.3, 0.4) is 0 Å². The number of benzene rings is 2. The predicted molar refractivity (Wildman–Crippen MR) is 164 cm³/mol. The average Bonchev–Trinajstić information content (AvgIpc) is 3.37. The number of pyridine rings is 1. The van der Waals surface area contributed by atoms with Gasteiger partial charge in [0.2, 0.25) is 5.91 Å². The highest BCUT2D eigenvalue weighted by Gasteiger charge is 2.25. The van der Waals surface area contributed by atoms with E-state index in [1.807, 2.05) is 56.3 Å². The molecule has 43 heavy (non-hydrogen) atoms. The molecular formula is C31H32ClFN8O2. The fourth-order valence-electron chi connectivity index (χ4n) is 4.92. The van der Waals surface area contributed by atoms with Crippen molar-refractivity contribution in [3.8, 4) is 16.8 Å². The van der Waals surface area contributed by atoms with Gasteiger partial charge >= 0.3 is 0 Å². The first-order chi connectivity index (χ1) is 20.6. The first kappa shape index (κ1) is 29.8. The fourth-order valence-corrected chi connectivity index (χ4v) is 5.09. The van der Waals surface area contributed by atoms with Crippen LogP contribution in [0.2, 0.25) is 5.02 Å². The Hall–Kier alpha value is -4.64. The molecule has 1 aliphatic heterocycles. The maximum atomic E-state index is 14.7. The van der Waals surface area contributed by atoms with Crippen LogP contribution in [0.1, 0.15) is 54.1 Å². The molecular weight excluding hydrogens is 571 g/mol. The van der Waals surface area contributed by atoms with Gasteiger partial charge in [0.25, 0.3) is 5.91 Å². The molecule has 2 amide bonds. The first-order valence-electron chi connectivity index (χ1n) is 13.9. The number of hydrogen-bond donors (Lipinski definition) is 2. The Balaban J connectivity index is 1.48. The molecule has 2 N–H and O–H groups in total. The summed E-state index contributed by atoms with van der Waals surface area (Å²) in [6.45, 7) is 3.53. The second-order valence-corrected chi connectivity index (χ2v) is 11.2. The molecule has 2 atom stereocenters. The summed E-state index contributed by atoms with van der Waals surface area (Å²) in [6, 6.07) is 13.5. The van der Waals surface area contributed by atoms with Crippen molar-refractivity contribution >= 4 is 41.1 Å². The van der Waals surface area contributed by atoms with Crippen LogP contribution >= 0.6 is 11.6 Å². The molecule has 12 heteroatoms. The van der Waals surface area contributed by atoms with Gasteiger partial charge in [0.1, 0.15) is 5.69 Å². The summed E-state index contributed by atoms with van der Waals surface area (Å²) in [5, 5.41) is 14.2. The summed E-state index contributed by atoms with van der Waals surface area (Å²) in [5.41, 5.74) is 4.16. The Morgan fingerprint density at radius 3 is 2.81 bits per heavy atom. The van der Waals surface area contributed by atoms with Crippen molar-refractivity contribution in [1.82, 2.24) is 30.2 Å². The van der Waals surface area contributed by atoms with Crippen LogP contribution in [-0.4, -0.2) is 57.1 Å². The molecule has 4 aromatic rings. The molecule has 2 aromatic heterocycles. The van der Waals surface area contributed by atoms with E-state index >= 15 is 0 Å². The van der Waals surface area contributed by atoms with Crippen LogP contribution in [-0.2, 0) is 4.79 Å². The van der Waals surface area contributed by atoms with Gasteiger partial charge in [0.15, 0.2) is 11.5 Å². The lowest BCUT2D eigenvalue weighted by Gasteiger charge is -2.22. The lowest BCUT2D eigenvalue weighted by molar-refractivity contribution is -0.119. The molecule has 10 nitrogen and oxygen atoms in total. The topological polar surface area (TPSA) is 117 Å². The van der Waals surface area contributed by atoms with Gasteiger partial charge in [-0.1, -0.05) is 42.3 Å². The van der Waals surface area contributed by atoms with Crippen molar-refractivity contribution in [2.75, 3.05) is 19.4 Å². The summed E-state index contributed by atoms with van der Waals surface area (Å²) in [5.74, 6) is -1.48. The number of carbonyl (C=O) groups excluding carboxylic acids is 2. The highest BCUT2D eigenvalue weighted by Crippen LogP contribution is 2.34. The van der Waals surface area contributed by atoms with Gasteiger partial charge in [-0.3, -0.25) is 14.6 Å². The smallest absolute Gasteiger partial charge is 0.274 e. The lowest BCUT2D eigenvalue weighted by Crippen LogP contribution is -2.30. The maximum absolute atomic E-state index is 14.7. The Morgan fingerprint density at radius 1 is 1.21 bits per heavy atom. The molecule has 2 bridgehead atoms. The van der Waals surface area contributed by atoms with E-state index in [0.29, 0.717) is 42.0 Å². The molecule has 0 unspecified atom stereocenters. The monoisotopic (exact) mass is 602 g/mol. The number of nitrogens with one attached hydrogen (secondary N) is 2. The number of aromatic nitrogens is 4. The SMILES string of the molecule is Cc1c(C(=O)N[C@H]2CCC[C@@H](C)C(=O)Nc3cc(/N=C/N(C)C)ccc3-c3ccnc2c3)nnn1-c1cccc(Cl)c1F. The highest BCUT2D eigenvalue weighted by molar-refractivity contribution is 6.30. The van der Waals surface area contributed by atoms with E-state index in [0.717, 1.165) is 11.1 Å². The number of amides is 2. The Kier molecular flexibility index (Phi) is 8.81. The molecule has 0 aliphatic carbocycles. The largest absolute Gasteiger partial charge is 0.369 e. The molecule has 1 aliphatic rings. The highest BCUT2D eigenvalue weighted by atomic mass is 35.5. The Labute approximate surface area is 254 Å². The summed E-state index contributed by atoms with van der Waals surface area (Å²) >= 11 is 5.95. The molecule has 3 heterocycles. The first-order valence-corrected chi connectivity index (χ1v) is 14.3. The van der Waals surface area contributed by atoms with E-state index in [9.17, 15) is 14.0 Å². The van der Waals surface area contributed by atoms with Gasteiger partial charge in [0.05, 0.1) is 40.2 Å². The molecule has 2 aromatic carbocycles. The second kappa shape index (κ2) is 12.7. The van der Waals surface area contributed by atoms with Crippen LogP contribution < -0.4 is 10.6 Å². The zero-order chi connectivity index (χ0) is 30.7. The van der Waals surface area contributed by atoms with Crippen molar-refractivity contribution in [2.45, 2.75) is 39.2 Å². The molecule has 0 saturated heterocycles. The average molecular weight is 603 g/mol. The maximum Gasteiger partial charge on any atom is 0.274 e. The van der Waals surface area contributed by atoms with Gasteiger partial charge < -0.3 is 15.5 Å². The minimum Gasteiger partial charge on any atom is -0.369 e. The second-order valence-electron chi connectivity index (χ2n) is 10.8. The quantitative estimate of drug-likeness (QED) is 0.218. The Bertz CT molecular complexity index is 1700. The third-order valence-corrected chi connectivity index (χ3v) is 7.59. The normalized spacial score (nSPS) is 17.0. The van der Waals surface area contributed by atoms with E-state index in [1.165, 1.54) is 16.8 Å². The van der Waals surface area contributed by atoms with E-state index in [1.54, 1.807) is 25.5 Å². The van der Waals surface area contributed by atoms with Crippen molar-refractivity contribution < 1.29 is 14.0 Å². The van der Waals surface area contributed by atoms with Crippen LogP contribution in [0, 0.1) is 18.7 Å². The number of nitrogens with zero attached hydrogens (tertiary/aromatic N) is 6. The van der Waals surface area contributed by atoms with Crippen molar-refractivity contribution in [1.29, 1.82) is 0 Å². The van der Waals surface area contributed by atoms with Crippen molar-refractivity contribution in [3.63, 3.8) is 0 Å². The van der Waals surface area contributed by atoms with Crippen molar-refractivity contribution in [3.05, 3.63) is 82.6 Å². The Morgan fingerprint density at radius 2 is 2.02 bits per heavy atom. The zero-order valence-electron chi connectivity index (χ0n) is 24.3. The van der Waals surface area contributed by atoms with E-state index < -0.39 is 17.8 Å². The van der Waals surface area contributed by atoms with Crippen molar-refractivity contribution in [2.24, 2.45) is 10.9 Å². The standard InChI is InChI=1S/C31H32ClFN8O2/c1-18-7-5-9-24(36-31(43)29-19(2)41(39-38-29)27-10-6-8-23(32)28(27)33)26-15-20(13-14-34-26)22-12-11-21(35-17-40(3)4)16-25(22)37-30(18)42/h6,8,10-18,24H,5,7,9H2,1-4H3,(H,36,43)(H,37,42)/b35-17+/t18-,24+/m1/s1. The van der Waals surface area contributed by atoms with Crippen LogP contribution in [0.4, 0.5) is 15.8 Å². The number of hydrogen-bond acceptors (Lipinski definition) is 6. The minimum absolute atomic E-state index is 0.0559. The summed E-state index contributed by atoms with van der Waals surface area (Å²) in [7, 11) is 3.77. The molecule has 0 spiro atoms. The summed E-state index contributed by atoms with van der Waals surface area (Å²) < 4.78 is 15.9. The molecule has 0 fully saturated rings. The van der Waals surface area contributed by atoms with Gasteiger partial charge in [0, 0.05) is 31.8 Å². The zero-order valence-corrected chi connectivity index (χ0v) is 25.1. The van der Waals surface area contributed by atoms with Gasteiger partial charge in [-0.15, -0.1) is 5.10 Å². The molecule has 222 valence electrons. The van der Waals surface area contributed by atoms with Gasteiger partial charge in [-0.25, -0.2) is 14.1 Å². The van der Waals surface area contributed by atoms with Gasteiger partial charge in [-0.2, -0.15) is 0 Å². The summed E-state index contributed by atoms with van der Waals surface area (Å²) in [6.07, 6.45) is 5.19. The number of anilines is 1. The van der Waals surface area contributed by atoms with E-state index in [-0.39, 0.29) is 28.2 Å². The number of rotatable bonds is 5. The van der Waals surface area contributed by atoms with Crippen LogP contribution in [0.5, 0.6) is 0 Å². The molecule has 0 saturated carbocycles. The third kappa shape index (κ3) is 6.56. The molecule has 5 rings (SSSR count). The minimum atomic E-state index is -0.653. The molecule has 0 radical (unpaired) electrons. The lowest BCUT2D eigenvalue weighted by atomic mass is 9.95. The van der Waals surface area contributed by atoms with Crippen LogP contribution in [0.25, 0.3) is 16.8 Å². The van der Waals surface area contributed by atoms with E-state index in [4.69, 9.17) is 11.6 Å². The third-order valence-electron chi connectivity index (χ3n) is 7.30. The summed E-state index contributed by atoms with van der Waals surface area (Å²) in [4.78, 5) is 37.6. The van der Waals surface area contributed by atoms with E-state index in [2.05, 4.69) is 30.9 Å². The number of halogens is 2. The number of fused-ring (bicyclic) bond motifs is 4. The van der Waals surface area contributed by atoms with Gasteiger partial charge in [-0.05, 0) is 61.7 Å². The number of aliphatic imine (C=N–C) groups is 1. The van der Waals surface area contributed by atoms with Crippen LogP contribution in [0.15, 0.2) is 59.7 Å². The predicted octanol–water partition coefficient (Wildman–Crippen LogP) is 5.88. The number of carbonyl (C=O) groups is 2. The fraction of sp³-hybridized carbons (Fsp3) is 0.290.